The molecule has 2 rings (SSSR count). The van der Waals surface area contributed by atoms with Gasteiger partial charge in [-0.05, 0) is 6.07 Å². The standard InChI is InChI=1S/C8H6N2.Pb/c1-2-4-8-7(3-1)5-9-6-10-8;/h1-6H;. The molecule has 3 heteroatoms. The Morgan fingerprint density at radius 1 is 1.09 bits per heavy atom. The fraction of sp³-hybridized carbons (Fsp3) is 0. The third-order valence-electron chi connectivity index (χ3n) is 1.41. The van der Waals surface area contributed by atoms with Crippen LogP contribution in [0.1, 0.15) is 0 Å². The molecule has 52 valence electrons. The smallest absolute Gasteiger partial charge is 0.116 e. The van der Waals surface area contributed by atoms with E-state index in [1.54, 1.807) is 6.33 Å². The second kappa shape index (κ2) is 3.75. The van der Waals surface area contributed by atoms with Crippen LogP contribution in [0, 0.1) is 0 Å². The summed E-state index contributed by atoms with van der Waals surface area (Å²) in [5.41, 5.74) is 0.998. The molecule has 0 aliphatic heterocycles. The number of fused-ring (bicyclic) bond motifs is 1. The van der Waals surface area contributed by atoms with E-state index >= 15 is 0 Å². The van der Waals surface area contributed by atoms with Crippen LogP contribution in [0.15, 0.2) is 36.8 Å². The summed E-state index contributed by atoms with van der Waals surface area (Å²) in [6.07, 6.45) is 3.37. The maximum absolute atomic E-state index is 4.07. The van der Waals surface area contributed by atoms with Gasteiger partial charge in [0.15, 0.2) is 0 Å². The molecular weight excluding hydrogens is 331 g/mol. The number of hydrogen-bond acceptors (Lipinski definition) is 2. The molecule has 4 radical (unpaired) electrons. The molecule has 0 saturated heterocycles. The van der Waals surface area contributed by atoms with Gasteiger partial charge in [0.05, 0.1) is 5.52 Å². The first kappa shape index (κ1) is 8.58. The first-order valence-corrected chi connectivity index (χ1v) is 3.11. The summed E-state index contributed by atoms with van der Waals surface area (Å²) in [5.74, 6) is 0. The van der Waals surface area contributed by atoms with Crippen molar-refractivity contribution in [2.75, 3.05) is 0 Å². The summed E-state index contributed by atoms with van der Waals surface area (Å²) in [4.78, 5) is 7.97. The van der Waals surface area contributed by atoms with E-state index in [9.17, 15) is 0 Å². The molecule has 1 heterocycles. The minimum Gasteiger partial charge on any atom is -0.244 e. The molecule has 0 saturated carbocycles. The first-order valence-electron chi connectivity index (χ1n) is 3.11. The van der Waals surface area contributed by atoms with E-state index in [2.05, 4.69) is 9.97 Å². The summed E-state index contributed by atoms with van der Waals surface area (Å²) < 4.78 is 0. The minimum absolute atomic E-state index is 0. The van der Waals surface area contributed by atoms with Crippen molar-refractivity contribution in [1.29, 1.82) is 0 Å². The molecule has 11 heavy (non-hydrogen) atoms. The van der Waals surface area contributed by atoms with Crippen LogP contribution in [-0.4, -0.2) is 37.3 Å². The number of para-hydroxylation sites is 1. The Morgan fingerprint density at radius 3 is 2.73 bits per heavy atom. The van der Waals surface area contributed by atoms with Gasteiger partial charge in [0.1, 0.15) is 6.33 Å². The Bertz CT molecular complexity index is 283. The van der Waals surface area contributed by atoms with Crippen molar-refractivity contribution in [2.45, 2.75) is 0 Å². The van der Waals surface area contributed by atoms with Crippen molar-refractivity contribution < 1.29 is 0 Å². The quantitative estimate of drug-likeness (QED) is 0.676. The number of rotatable bonds is 0. The van der Waals surface area contributed by atoms with Crippen LogP contribution in [0.3, 0.4) is 0 Å². The molecule has 1 aromatic heterocycles. The molecule has 0 amide bonds. The van der Waals surface area contributed by atoms with Crippen molar-refractivity contribution in [1.82, 2.24) is 9.97 Å². The average Bonchev–Trinajstić information content (AvgIpc) is 2.05. The van der Waals surface area contributed by atoms with Gasteiger partial charge in [-0.3, -0.25) is 0 Å². The molecular formula is C8H6N2Pb. The van der Waals surface area contributed by atoms with Crippen LogP contribution >= 0.6 is 0 Å². The molecule has 0 aliphatic carbocycles. The molecule has 0 atom stereocenters. The first-order chi connectivity index (χ1) is 4.97. The van der Waals surface area contributed by atoms with E-state index in [0.29, 0.717) is 0 Å². The number of hydrogen-bond donors (Lipinski definition) is 0. The SMILES string of the molecule is [Pb].c1ccc2ncncc2c1. The van der Waals surface area contributed by atoms with Crippen molar-refractivity contribution >= 4 is 38.2 Å². The topological polar surface area (TPSA) is 25.8 Å². The van der Waals surface area contributed by atoms with Gasteiger partial charge in [-0.15, -0.1) is 0 Å². The van der Waals surface area contributed by atoms with Crippen LogP contribution in [0.25, 0.3) is 10.9 Å². The van der Waals surface area contributed by atoms with E-state index in [1.165, 1.54) is 0 Å². The molecule has 0 aliphatic rings. The normalized spacial score (nSPS) is 9.09. The molecule has 2 aromatic rings. The summed E-state index contributed by atoms with van der Waals surface area (Å²) >= 11 is 0. The summed E-state index contributed by atoms with van der Waals surface area (Å²) in [7, 11) is 0. The molecule has 0 spiro atoms. The Labute approximate surface area is 84.8 Å². The second-order valence-electron chi connectivity index (χ2n) is 2.08. The van der Waals surface area contributed by atoms with Gasteiger partial charge in [0.25, 0.3) is 0 Å². The fourth-order valence-electron chi connectivity index (χ4n) is 0.923. The zero-order chi connectivity index (χ0) is 6.81. The van der Waals surface area contributed by atoms with Crippen LogP contribution in [0.2, 0.25) is 0 Å². The van der Waals surface area contributed by atoms with Crippen LogP contribution < -0.4 is 0 Å². The summed E-state index contributed by atoms with van der Waals surface area (Å²) in [6.45, 7) is 0. The van der Waals surface area contributed by atoms with Gasteiger partial charge in [0.2, 0.25) is 0 Å². The van der Waals surface area contributed by atoms with E-state index in [-0.39, 0.29) is 27.3 Å². The zero-order valence-electron chi connectivity index (χ0n) is 5.86. The summed E-state index contributed by atoms with van der Waals surface area (Å²) in [6, 6.07) is 7.91. The Kier molecular flexibility index (Phi) is 2.93. The maximum atomic E-state index is 4.07. The number of benzene rings is 1. The Morgan fingerprint density at radius 2 is 1.91 bits per heavy atom. The molecule has 0 bridgehead atoms. The maximum Gasteiger partial charge on any atom is 0.116 e. The molecule has 0 fully saturated rings. The van der Waals surface area contributed by atoms with E-state index < -0.39 is 0 Å². The predicted molar refractivity (Wildman–Crippen MR) is 45.3 cm³/mol. The van der Waals surface area contributed by atoms with E-state index in [0.717, 1.165) is 10.9 Å². The van der Waals surface area contributed by atoms with Crippen molar-refractivity contribution in [2.24, 2.45) is 0 Å². The van der Waals surface area contributed by atoms with E-state index in [1.807, 2.05) is 30.5 Å². The van der Waals surface area contributed by atoms with Gasteiger partial charge >= 0.3 is 0 Å². The Balaban J connectivity index is 0.000000605. The largest absolute Gasteiger partial charge is 0.244 e. The van der Waals surface area contributed by atoms with E-state index in [4.69, 9.17) is 0 Å². The molecule has 2 nitrogen and oxygen atoms in total. The van der Waals surface area contributed by atoms with Gasteiger partial charge in [-0.25, -0.2) is 9.97 Å². The number of aromatic nitrogens is 2. The van der Waals surface area contributed by atoms with Gasteiger partial charge in [-0.1, -0.05) is 18.2 Å². The van der Waals surface area contributed by atoms with Gasteiger partial charge in [-0.2, -0.15) is 0 Å². The summed E-state index contributed by atoms with van der Waals surface area (Å²) in [5, 5.41) is 1.09. The van der Waals surface area contributed by atoms with Crippen LogP contribution in [0.4, 0.5) is 0 Å². The number of nitrogens with zero attached hydrogens (tertiary/aromatic N) is 2. The minimum atomic E-state index is 0. The molecule has 1 aromatic carbocycles. The van der Waals surface area contributed by atoms with Gasteiger partial charge < -0.3 is 0 Å². The third kappa shape index (κ3) is 1.74. The van der Waals surface area contributed by atoms with Crippen LogP contribution in [-0.2, 0) is 0 Å². The van der Waals surface area contributed by atoms with Crippen molar-refractivity contribution in [3.8, 4) is 0 Å². The van der Waals surface area contributed by atoms with Crippen molar-refractivity contribution in [3.63, 3.8) is 0 Å². The van der Waals surface area contributed by atoms with Gasteiger partial charge in [0, 0.05) is 38.9 Å². The predicted octanol–water partition coefficient (Wildman–Crippen LogP) is 1.25. The monoisotopic (exact) mass is 338 g/mol. The third-order valence-corrected chi connectivity index (χ3v) is 1.41. The average molecular weight is 337 g/mol. The van der Waals surface area contributed by atoms with Crippen LogP contribution in [0.5, 0.6) is 0 Å². The molecule has 0 unspecified atom stereocenters. The second-order valence-corrected chi connectivity index (χ2v) is 2.08. The Hall–Kier alpha value is -0.518. The zero-order valence-corrected chi connectivity index (χ0v) is 9.75. The molecule has 0 N–H and O–H groups in total. The van der Waals surface area contributed by atoms with Crippen molar-refractivity contribution in [3.05, 3.63) is 36.8 Å². The fourth-order valence-corrected chi connectivity index (χ4v) is 0.923.